The molecule has 16 heavy (non-hydrogen) atoms. The van der Waals surface area contributed by atoms with Crippen LogP contribution in [0.15, 0.2) is 11.4 Å². The van der Waals surface area contributed by atoms with Crippen LogP contribution in [0, 0.1) is 0 Å². The topological polar surface area (TPSA) is 23.5 Å². The smallest absolute Gasteiger partial charge is 0.0664 e. The molecular weight excluding hydrogens is 218 g/mol. The summed E-state index contributed by atoms with van der Waals surface area (Å²) in [4.78, 5) is 4.00. The number of hydrogen-bond acceptors (Lipinski definition) is 3. The molecule has 2 rings (SSSR count). The largest absolute Gasteiger partial charge is 0.392 e. The van der Waals surface area contributed by atoms with E-state index in [1.54, 1.807) is 4.88 Å². The minimum atomic E-state index is -0.172. The zero-order valence-electron chi connectivity index (χ0n) is 10.1. The van der Waals surface area contributed by atoms with Crippen molar-refractivity contribution >= 4 is 11.3 Å². The van der Waals surface area contributed by atoms with Crippen LogP contribution in [0.5, 0.6) is 0 Å². The van der Waals surface area contributed by atoms with Gasteiger partial charge in [-0.3, -0.25) is 4.90 Å². The number of nitrogens with zero attached hydrogens (tertiary/aromatic N) is 1. The minimum Gasteiger partial charge on any atom is -0.392 e. The number of hydrogen-bond donors (Lipinski definition) is 1. The van der Waals surface area contributed by atoms with E-state index >= 15 is 0 Å². The Morgan fingerprint density at radius 2 is 2.38 bits per heavy atom. The van der Waals surface area contributed by atoms with Crippen LogP contribution in [0.2, 0.25) is 0 Å². The van der Waals surface area contributed by atoms with Crippen molar-refractivity contribution in [3.63, 3.8) is 0 Å². The highest BCUT2D eigenvalue weighted by Gasteiger charge is 2.27. The van der Waals surface area contributed by atoms with Gasteiger partial charge in [0.2, 0.25) is 0 Å². The van der Waals surface area contributed by atoms with Gasteiger partial charge >= 0.3 is 0 Å². The van der Waals surface area contributed by atoms with Crippen LogP contribution in [0.4, 0.5) is 0 Å². The molecule has 0 aromatic carbocycles. The molecule has 0 saturated heterocycles. The molecule has 1 N–H and O–H groups in total. The summed E-state index contributed by atoms with van der Waals surface area (Å²) >= 11 is 1.88. The van der Waals surface area contributed by atoms with Gasteiger partial charge in [0, 0.05) is 24.0 Å². The third kappa shape index (κ3) is 2.31. The number of β-amino-alcohol motifs (C(OH)–C–C–N with tert-alkyl or cyclic N) is 1. The van der Waals surface area contributed by atoms with Gasteiger partial charge < -0.3 is 5.11 Å². The normalized spacial score (nSPS) is 23.1. The number of aliphatic hydroxyl groups excluding tert-OH is 1. The number of aliphatic hydroxyl groups is 1. The quantitative estimate of drug-likeness (QED) is 0.873. The van der Waals surface area contributed by atoms with Crippen molar-refractivity contribution in [2.75, 3.05) is 13.1 Å². The molecule has 1 aliphatic rings. The van der Waals surface area contributed by atoms with Crippen molar-refractivity contribution in [1.29, 1.82) is 0 Å². The molecule has 2 atom stereocenters. The zero-order chi connectivity index (χ0) is 11.5. The van der Waals surface area contributed by atoms with E-state index in [0.717, 1.165) is 32.4 Å². The second-order valence-corrected chi connectivity index (χ2v) is 5.53. The van der Waals surface area contributed by atoms with E-state index in [0.29, 0.717) is 6.04 Å². The molecule has 0 radical (unpaired) electrons. The lowest BCUT2D eigenvalue weighted by atomic mass is 9.97. The van der Waals surface area contributed by atoms with Crippen molar-refractivity contribution in [2.24, 2.45) is 0 Å². The molecule has 0 saturated carbocycles. The molecule has 0 bridgehead atoms. The molecule has 0 amide bonds. The van der Waals surface area contributed by atoms with Gasteiger partial charge in [-0.25, -0.2) is 0 Å². The maximum atomic E-state index is 9.78. The van der Waals surface area contributed by atoms with Crippen LogP contribution in [-0.2, 0) is 6.42 Å². The van der Waals surface area contributed by atoms with Gasteiger partial charge in [0.05, 0.1) is 6.10 Å². The van der Waals surface area contributed by atoms with E-state index in [4.69, 9.17) is 0 Å². The second-order valence-electron chi connectivity index (χ2n) is 4.53. The minimum absolute atomic E-state index is 0.172. The van der Waals surface area contributed by atoms with Gasteiger partial charge in [0.1, 0.15) is 0 Å². The highest BCUT2D eigenvalue weighted by Crippen LogP contribution is 2.35. The third-order valence-corrected chi connectivity index (χ3v) is 4.51. The summed E-state index contributed by atoms with van der Waals surface area (Å²) in [6.45, 7) is 6.21. The van der Waals surface area contributed by atoms with Crippen molar-refractivity contribution in [2.45, 2.75) is 45.3 Å². The average Bonchev–Trinajstić information content (AvgIpc) is 2.76. The van der Waals surface area contributed by atoms with E-state index in [1.165, 1.54) is 5.56 Å². The van der Waals surface area contributed by atoms with Crippen LogP contribution in [-0.4, -0.2) is 29.2 Å². The maximum absolute atomic E-state index is 9.78. The standard InChI is InChI=1S/C13H21NOS/c1-3-10(15)9-14-7-5-13-11(6-8-16-13)12(14)4-2/h6,8,10,12,15H,3-5,7,9H2,1-2H3. The molecular formula is C13H21NOS. The Morgan fingerprint density at radius 3 is 3.06 bits per heavy atom. The van der Waals surface area contributed by atoms with Gasteiger partial charge in [-0.15, -0.1) is 11.3 Å². The predicted octanol–water partition coefficient (Wildman–Crippen LogP) is 2.83. The first-order chi connectivity index (χ1) is 7.76. The summed E-state index contributed by atoms with van der Waals surface area (Å²) in [5.74, 6) is 0. The van der Waals surface area contributed by atoms with E-state index < -0.39 is 0 Å². The van der Waals surface area contributed by atoms with E-state index in [1.807, 2.05) is 18.3 Å². The van der Waals surface area contributed by atoms with Gasteiger partial charge in [0.25, 0.3) is 0 Å². The zero-order valence-corrected chi connectivity index (χ0v) is 11.0. The lowest BCUT2D eigenvalue weighted by Gasteiger charge is -2.36. The number of fused-ring (bicyclic) bond motifs is 1. The average molecular weight is 239 g/mol. The van der Waals surface area contributed by atoms with Gasteiger partial charge in [-0.05, 0) is 36.3 Å². The molecule has 1 aromatic rings. The molecule has 3 heteroatoms. The SMILES string of the molecule is CCC(O)CN1CCc2sccc2C1CC. The van der Waals surface area contributed by atoms with E-state index in [9.17, 15) is 5.11 Å². The fourth-order valence-electron chi connectivity index (χ4n) is 2.54. The Morgan fingerprint density at radius 1 is 1.56 bits per heavy atom. The van der Waals surface area contributed by atoms with E-state index in [2.05, 4.69) is 23.3 Å². The van der Waals surface area contributed by atoms with Crippen LogP contribution < -0.4 is 0 Å². The Hall–Kier alpha value is -0.380. The Kier molecular flexibility index (Phi) is 4.00. The van der Waals surface area contributed by atoms with Crippen LogP contribution >= 0.6 is 11.3 Å². The first kappa shape index (κ1) is 12.1. The van der Waals surface area contributed by atoms with Crippen LogP contribution in [0.3, 0.4) is 0 Å². The van der Waals surface area contributed by atoms with Gasteiger partial charge in [-0.2, -0.15) is 0 Å². The Balaban J connectivity index is 2.11. The first-order valence-electron chi connectivity index (χ1n) is 6.24. The predicted molar refractivity (Wildman–Crippen MR) is 68.9 cm³/mol. The second kappa shape index (κ2) is 5.30. The molecule has 1 aromatic heterocycles. The molecule has 2 nitrogen and oxygen atoms in total. The fourth-order valence-corrected chi connectivity index (χ4v) is 3.47. The lowest BCUT2D eigenvalue weighted by Crippen LogP contribution is -2.39. The van der Waals surface area contributed by atoms with Gasteiger partial charge in [-0.1, -0.05) is 13.8 Å². The number of rotatable bonds is 4. The monoisotopic (exact) mass is 239 g/mol. The van der Waals surface area contributed by atoms with Crippen LogP contribution in [0.25, 0.3) is 0 Å². The van der Waals surface area contributed by atoms with E-state index in [-0.39, 0.29) is 6.10 Å². The molecule has 90 valence electrons. The number of thiophene rings is 1. The summed E-state index contributed by atoms with van der Waals surface area (Å²) in [6, 6.07) is 2.79. The molecule has 2 unspecified atom stereocenters. The summed E-state index contributed by atoms with van der Waals surface area (Å²) in [7, 11) is 0. The molecule has 0 aliphatic carbocycles. The fraction of sp³-hybridized carbons (Fsp3) is 0.692. The highest BCUT2D eigenvalue weighted by molar-refractivity contribution is 7.10. The lowest BCUT2D eigenvalue weighted by molar-refractivity contribution is 0.0781. The molecule has 0 fully saturated rings. The Labute approximate surface area is 102 Å². The summed E-state index contributed by atoms with van der Waals surface area (Å²) in [5.41, 5.74) is 1.50. The maximum Gasteiger partial charge on any atom is 0.0664 e. The highest BCUT2D eigenvalue weighted by atomic mass is 32.1. The molecule has 2 heterocycles. The molecule has 1 aliphatic heterocycles. The summed E-state index contributed by atoms with van der Waals surface area (Å²) < 4.78 is 0. The van der Waals surface area contributed by atoms with Crippen molar-refractivity contribution < 1.29 is 5.11 Å². The Bertz CT molecular complexity index is 336. The van der Waals surface area contributed by atoms with Crippen molar-refractivity contribution in [3.05, 3.63) is 21.9 Å². The molecule has 0 spiro atoms. The van der Waals surface area contributed by atoms with Crippen molar-refractivity contribution in [1.82, 2.24) is 4.90 Å². The van der Waals surface area contributed by atoms with Crippen LogP contribution in [0.1, 0.15) is 43.2 Å². The third-order valence-electron chi connectivity index (χ3n) is 3.51. The summed E-state index contributed by atoms with van der Waals surface area (Å²) in [6.07, 6.45) is 2.97. The van der Waals surface area contributed by atoms with Crippen molar-refractivity contribution in [3.8, 4) is 0 Å². The summed E-state index contributed by atoms with van der Waals surface area (Å²) in [5, 5.41) is 12.0. The first-order valence-corrected chi connectivity index (χ1v) is 7.12. The van der Waals surface area contributed by atoms with Gasteiger partial charge in [0.15, 0.2) is 0 Å².